The fourth-order valence-electron chi connectivity index (χ4n) is 3.74. The Bertz CT molecular complexity index is 1040. The maximum atomic E-state index is 13.0. The van der Waals surface area contributed by atoms with E-state index >= 15 is 0 Å². The molecular weight excluding hydrogens is 416 g/mol. The Balaban J connectivity index is 1.60. The second-order valence-electron chi connectivity index (χ2n) is 7.08. The second kappa shape index (κ2) is 8.04. The van der Waals surface area contributed by atoms with E-state index in [2.05, 4.69) is 5.32 Å². The molecule has 0 bridgehead atoms. The highest BCUT2D eigenvalue weighted by Gasteiger charge is 2.33. The smallest absolute Gasteiger partial charge is 0.251 e. The van der Waals surface area contributed by atoms with Crippen molar-refractivity contribution in [2.24, 2.45) is 0 Å². The van der Waals surface area contributed by atoms with Crippen molar-refractivity contribution in [3.63, 3.8) is 0 Å². The van der Waals surface area contributed by atoms with Crippen LogP contribution in [0.15, 0.2) is 47.4 Å². The van der Waals surface area contributed by atoms with E-state index in [0.29, 0.717) is 19.6 Å². The summed E-state index contributed by atoms with van der Waals surface area (Å²) in [6, 6.07) is 11.1. The van der Waals surface area contributed by atoms with Gasteiger partial charge in [-0.3, -0.25) is 4.79 Å². The van der Waals surface area contributed by atoms with Crippen LogP contribution < -0.4 is 5.32 Å². The molecular formula is C20H21ClN2O5S. The fourth-order valence-corrected chi connectivity index (χ4v) is 5.65. The van der Waals surface area contributed by atoms with Gasteiger partial charge in [-0.15, -0.1) is 0 Å². The van der Waals surface area contributed by atoms with Crippen molar-refractivity contribution in [3.8, 4) is 0 Å². The molecule has 0 radical (unpaired) electrons. The third-order valence-corrected chi connectivity index (χ3v) is 7.65. The number of nitrogens with zero attached hydrogens (tertiary/aromatic N) is 1. The molecule has 2 unspecified atom stereocenters. The van der Waals surface area contributed by atoms with Crippen molar-refractivity contribution in [2.45, 2.75) is 23.5 Å². The lowest BCUT2D eigenvalue weighted by molar-refractivity contribution is 0.0730. The van der Waals surface area contributed by atoms with E-state index in [1.54, 1.807) is 0 Å². The van der Waals surface area contributed by atoms with Crippen LogP contribution in [0.4, 0.5) is 0 Å². The third-order valence-electron chi connectivity index (χ3n) is 5.27. The molecule has 1 heterocycles. The minimum atomic E-state index is -3.84. The molecule has 2 aromatic rings. The summed E-state index contributed by atoms with van der Waals surface area (Å²) in [7, 11) is -3.84. The fraction of sp³-hybridized carbons (Fsp3) is 0.350. The minimum Gasteiger partial charge on any atom is -0.390 e. The largest absolute Gasteiger partial charge is 0.390 e. The molecule has 9 heteroatoms. The first-order chi connectivity index (χ1) is 13.9. The number of amides is 1. The quantitative estimate of drug-likeness (QED) is 0.761. The molecule has 0 aromatic heterocycles. The van der Waals surface area contributed by atoms with Crippen molar-refractivity contribution < 1.29 is 23.1 Å². The second-order valence-corrected chi connectivity index (χ2v) is 9.40. The molecule has 1 aliphatic heterocycles. The first kappa shape index (κ1) is 20.3. The maximum absolute atomic E-state index is 13.0. The summed E-state index contributed by atoms with van der Waals surface area (Å²) in [5.74, 6) is -0.471. The Morgan fingerprint density at radius 3 is 2.66 bits per heavy atom. The number of rotatable bonds is 4. The lowest BCUT2D eigenvalue weighted by atomic mass is 10.1. The topological polar surface area (TPSA) is 95.9 Å². The summed E-state index contributed by atoms with van der Waals surface area (Å²) in [5, 5.41) is 13.2. The van der Waals surface area contributed by atoms with Crippen LogP contribution in [0.5, 0.6) is 0 Å². The highest BCUT2D eigenvalue weighted by molar-refractivity contribution is 7.89. The average molecular weight is 437 g/mol. The number of ether oxygens (including phenoxy) is 1. The highest BCUT2D eigenvalue weighted by Crippen LogP contribution is 2.32. The zero-order valence-electron chi connectivity index (χ0n) is 15.5. The number of benzene rings is 2. The van der Waals surface area contributed by atoms with Crippen molar-refractivity contribution in [2.75, 3.05) is 26.3 Å². The van der Waals surface area contributed by atoms with Gasteiger partial charge in [-0.25, -0.2) is 8.42 Å². The molecule has 2 aromatic carbocycles. The summed E-state index contributed by atoms with van der Waals surface area (Å²) in [6.45, 7) is 1.10. The van der Waals surface area contributed by atoms with E-state index in [9.17, 15) is 18.3 Å². The lowest BCUT2D eigenvalue weighted by Gasteiger charge is -2.26. The van der Waals surface area contributed by atoms with Gasteiger partial charge in [0.1, 0.15) is 4.90 Å². The van der Waals surface area contributed by atoms with Gasteiger partial charge in [-0.05, 0) is 29.3 Å². The normalized spacial score (nSPS) is 22.3. The molecule has 2 atom stereocenters. The van der Waals surface area contributed by atoms with E-state index in [4.69, 9.17) is 16.3 Å². The zero-order chi connectivity index (χ0) is 20.6. The lowest BCUT2D eigenvalue weighted by Crippen LogP contribution is -2.40. The van der Waals surface area contributed by atoms with Gasteiger partial charge in [0, 0.05) is 25.1 Å². The summed E-state index contributed by atoms with van der Waals surface area (Å²) < 4.78 is 32.4. The van der Waals surface area contributed by atoms with Gasteiger partial charge in [0.05, 0.1) is 30.4 Å². The average Bonchev–Trinajstić information content (AvgIpc) is 3.04. The molecule has 0 spiro atoms. The van der Waals surface area contributed by atoms with Crippen LogP contribution in [0, 0.1) is 0 Å². The van der Waals surface area contributed by atoms with Crippen molar-refractivity contribution in [1.29, 1.82) is 0 Å². The molecule has 7 nitrogen and oxygen atoms in total. The van der Waals surface area contributed by atoms with Gasteiger partial charge in [0.2, 0.25) is 10.0 Å². The zero-order valence-corrected chi connectivity index (χ0v) is 17.1. The van der Waals surface area contributed by atoms with Crippen molar-refractivity contribution >= 4 is 27.5 Å². The third kappa shape index (κ3) is 3.91. The van der Waals surface area contributed by atoms with Crippen LogP contribution in [0.1, 0.15) is 27.5 Å². The number of halogens is 1. The first-order valence-electron chi connectivity index (χ1n) is 9.32. The molecule has 1 fully saturated rings. The Labute approximate surface area is 174 Å². The Kier molecular flexibility index (Phi) is 5.63. The summed E-state index contributed by atoms with van der Waals surface area (Å²) >= 11 is 6.16. The molecule has 1 saturated heterocycles. The number of carbonyl (C=O) groups excluding carboxylic acids is 1. The van der Waals surface area contributed by atoms with Gasteiger partial charge in [-0.1, -0.05) is 35.9 Å². The van der Waals surface area contributed by atoms with E-state index in [1.807, 2.05) is 24.3 Å². The summed E-state index contributed by atoms with van der Waals surface area (Å²) in [4.78, 5) is 12.7. The predicted molar refractivity (Wildman–Crippen MR) is 107 cm³/mol. The van der Waals surface area contributed by atoms with E-state index in [-0.39, 0.29) is 28.6 Å². The number of hydrogen-bond acceptors (Lipinski definition) is 5. The number of fused-ring (bicyclic) bond motifs is 1. The molecule has 4 rings (SSSR count). The number of aliphatic hydroxyl groups is 1. The Morgan fingerprint density at radius 1 is 1.17 bits per heavy atom. The van der Waals surface area contributed by atoms with Gasteiger partial charge in [-0.2, -0.15) is 4.31 Å². The SMILES string of the molecule is O=C(NC1c2ccccc2CC1O)c1ccc(Cl)c(S(=O)(=O)N2CCOCC2)c1. The number of hydrogen-bond donors (Lipinski definition) is 2. The van der Waals surface area contributed by atoms with Crippen LogP contribution in [0.2, 0.25) is 5.02 Å². The Hall–Kier alpha value is -1.97. The van der Waals surface area contributed by atoms with Crippen LogP contribution in [0.3, 0.4) is 0 Å². The van der Waals surface area contributed by atoms with Crippen LogP contribution >= 0.6 is 11.6 Å². The number of aliphatic hydroxyl groups excluding tert-OH is 1. The number of carbonyl (C=O) groups is 1. The number of nitrogens with one attached hydrogen (secondary N) is 1. The minimum absolute atomic E-state index is 0.0549. The molecule has 0 saturated carbocycles. The van der Waals surface area contributed by atoms with Gasteiger partial charge in [0.25, 0.3) is 5.91 Å². The molecule has 1 aliphatic carbocycles. The summed E-state index contributed by atoms with van der Waals surface area (Å²) in [6.07, 6.45) is -0.279. The highest BCUT2D eigenvalue weighted by atomic mass is 35.5. The molecule has 1 amide bonds. The van der Waals surface area contributed by atoms with Gasteiger partial charge in [0.15, 0.2) is 0 Å². The van der Waals surface area contributed by atoms with Gasteiger partial charge < -0.3 is 15.2 Å². The van der Waals surface area contributed by atoms with Crippen molar-refractivity contribution in [3.05, 3.63) is 64.2 Å². The van der Waals surface area contributed by atoms with Gasteiger partial charge >= 0.3 is 0 Å². The monoisotopic (exact) mass is 436 g/mol. The van der Waals surface area contributed by atoms with Crippen LogP contribution in [0.25, 0.3) is 0 Å². The van der Waals surface area contributed by atoms with E-state index < -0.39 is 28.1 Å². The molecule has 2 N–H and O–H groups in total. The number of morpholine rings is 1. The van der Waals surface area contributed by atoms with Crippen molar-refractivity contribution in [1.82, 2.24) is 9.62 Å². The molecule has 2 aliphatic rings. The predicted octanol–water partition coefficient (Wildman–Crippen LogP) is 1.75. The first-order valence-corrected chi connectivity index (χ1v) is 11.1. The standard InChI is InChI=1S/C20H21ClN2O5S/c21-16-6-5-14(12-18(16)29(26,27)23-7-9-28-10-8-23)20(25)22-19-15-4-2-1-3-13(15)11-17(19)24/h1-6,12,17,19,24H,7-11H2,(H,22,25). The maximum Gasteiger partial charge on any atom is 0.251 e. The van der Waals surface area contributed by atoms with E-state index in [1.165, 1.54) is 22.5 Å². The summed E-state index contributed by atoms with van der Waals surface area (Å²) in [5.41, 5.74) is 2.01. The van der Waals surface area contributed by atoms with E-state index in [0.717, 1.165) is 11.1 Å². The van der Waals surface area contributed by atoms with Crippen LogP contribution in [-0.2, 0) is 21.2 Å². The Morgan fingerprint density at radius 2 is 1.90 bits per heavy atom. The molecule has 154 valence electrons. The molecule has 29 heavy (non-hydrogen) atoms. The van der Waals surface area contributed by atoms with Crippen LogP contribution in [-0.4, -0.2) is 56.1 Å². The number of sulfonamides is 1.